The summed E-state index contributed by atoms with van der Waals surface area (Å²) >= 11 is 0. The second-order valence-corrected chi connectivity index (χ2v) is 7.03. The van der Waals surface area contributed by atoms with Crippen molar-refractivity contribution in [2.45, 2.75) is 6.92 Å². The maximum atomic E-state index is 13.5. The second-order valence-electron chi connectivity index (χ2n) is 5.26. The first kappa shape index (κ1) is 17.9. The summed E-state index contributed by atoms with van der Waals surface area (Å²) in [4.78, 5) is 12.0. The van der Waals surface area contributed by atoms with Crippen LogP contribution < -0.4 is 10.0 Å². The van der Waals surface area contributed by atoms with Gasteiger partial charge in [0.05, 0.1) is 23.0 Å². The maximum Gasteiger partial charge on any atom is 0.233 e. The molecule has 1 atom stereocenters. The van der Waals surface area contributed by atoms with Crippen LogP contribution in [0.5, 0.6) is 0 Å². The summed E-state index contributed by atoms with van der Waals surface area (Å²) in [6, 6.07) is 10.5. The lowest BCUT2D eigenvalue weighted by Crippen LogP contribution is -2.30. The highest BCUT2D eigenvalue weighted by molar-refractivity contribution is 7.92. The van der Waals surface area contributed by atoms with Crippen LogP contribution in [0, 0.1) is 17.6 Å². The molecule has 0 aliphatic heterocycles. The third-order valence-electron chi connectivity index (χ3n) is 3.15. The molecule has 128 valence electrons. The maximum absolute atomic E-state index is 13.5. The SMILES string of the molecule is CC(CS(=O)(=O)Nc1cccc(F)c1)C(=O)Nc1ccccc1F. The van der Waals surface area contributed by atoms with Crippen LogP contribution in [0.25, 0.3) is 0 Å². The van der Waals surface area contributed by atoms with Crippen molar-refractivity contribution in [2.24, 2.45) is 5.92 Å². The molecule has 24 heavy (non-hydrogen) atoms. The van der Waals surface area contributed by atoms with Gasteiger partial charge in [-0.1, -0.05) is 25.1 Å². The molecular formula is C16H16F2N2O3S. The minimum Gasteiger partial charge on any atom is -0.323 e. The average molecular weight is 354 g/mol. The molecule has 0 spiro atoms. The quantitative estimate of drug-likeness (QED) is 0.837. The number of halogens is 2. The first-order valence-corrected chi connectivity index (χ1v) is 8.73. The molecule has 8 heteroatoms. The van der Waals surface area contributed by atoms with Crippen molar-refractivity contribution in [1.29, 1.82) is 0 Å². The van der Waals surface area contributed by atoms with Crippen molar-refractivity contribution in [2.75, 3.05) is 15.8 Å². The van der Waals surface area contributed by atoms with Gasteiger partial charge in [-0.05, 0) is 30.3 Å². The molecule has 0 bridgehead atoms. The molecule has 0 saturated heterocycles. The number of benzene rings is 2. The van der Waals surface area contributed by atoms with E-state index in [0.717, 1.165) is 6.07 Å². The summed E-state index contributed by atoms with van der Waals surface area (Å²) in [5, 5.41) is 2.34. The van der Waals surface area contributed by atoms with E-state index in [1.54, 1.807) is 6.07 Å². The molecule has 0 aromatic heterocycles. The van der Waals surface area contributed by atoms with Gasteiger partial charge in [0.25, 0.3) is 0 Å². The van der Waals surface area contributed by atoms with Crippen LogP contribution in [0.4, 0.5) is 20.2 Å². The van der Waals surface area contributed by atoms with E-state index in [9.17, 15) is 22.0 Å². The minimum atomic E-state index is -3.87. The summed E-state index contributed by atoms with van der Waals surface area (Å²) in [5.74, 6) is -3.29. The molecule has 0 fully saturated rings. The van der Waals surface area contributed by atoms with Crippen molar-refractivity contribution < 1.29 is 22.0 Å². The fourth-order valence-electron chi connectivity index (χ4n) is 2.00. The molecule has 0 saturated carbocycles. The van der Waals surface area contributed by atoms with E-state index in [1.807, 2.05) is 0 Å². The molecule has 2 aromatic rings. The van der Waals surface area contributed by atoms with Gasteiger partial charge in [0.15, 0.2) is 0 Å². The normalized spacial score (nSPS) is 12.5. The summed E-state index contributed by atoms with van der Waals surface area (Å²) in [7, 11) is -3.87. The molecule has 2 rings (SSSR count). The highest BCUT2D eigenvalue weighted by Crippen LogP contribution is 2.16. The Morgan fingerprint density at radius 1 is 1.12 bits per heavy atom. The van der Waals surface area contributed by atoms with Gasteiger partial charge in [0.2, 0.25) is 15.9 Å². The molecule has 1 amide bonds. The van der Waals surface area contributed by atoms with E-state index in [-0.39, 0.29) is 11.4 Å². The van der Waals surface area contributed by atoms with Crippen molar-refractivity contribution in [1.82, 2.24) is 0 Å². The second kappa shape index (κ2) is 7.39. The molecule has 1 unspecified atom stereocenters. The number of anilines is 2. The van der Waals surface area contributed by atoms with E-state index < -0.39 is 39.2 Å². The van der Waals surface area contributed by atoms with Crippen LogP contribution in [0.15, 0.2) is 48.5 Å². The third-order valence-corrected chi connectivity index (χ3v) is 4.63. The van der Waals surface area contributed by atoms with E-state index in [0.29, 0.717) is 0 Å². The molecule has 5 nitrogen and oxygen atoms in total. The van der Waals surface area contributed by atoms with Gasteiger partial charge in [-0.25, -0.2) is 17.2 Å². The molecule has 0 aliphatic carbocycles. The minimum absolute atomic E-state index is 0.0233. The number of para-hydroxylation sites is 1. The number of rotatable bonds is 6. The van der Waals surface area contributed by atoms with Crippen LogP contribution in [0.3, 0.4) is 0 Å². The molecule has 0 heterocycles. The highest BCUT2D eigenvalue weighted by Gasteiger charge is 2.22. The summed E-state index contributed by atoms with van der Waals surface area (Å²) in [6.45, 7) is 1.40. The number of sulfonamides is 1. The zero-order valence-corrected chi connectivity index (χ0v) is 13.6. The van der Waals surface area contributed by atoms with Crippen LogP contribution >= 0.6 is 0 Å². The Morgan fingerprint density at radius 2 is 1.83 bits per heavy atom. The topological polar surface area (TPSA) is 75.3 Å². The summed E-state index contributed by atoms with van der Waals surface area (Å²) < 4.78 is 52.9. The summed E-state index contributed by atoms with van der Waals surface area (Å²) in [5.41, 5.74) is 0.0431. The molecule has 0 radical (unpaired) electrons. The Hall–Kier alpha value is -2.48. The summed E-state index contributed by atoms with van der Waals surface area (Å²) in [6.07, 6.45) is 0. The first-order valence-electron chi connectivity index (χ1n) is 7.08. The predicted molar refractivity (Wildman–Crippen MR) is 88.0 cm³/mol. The van der Waals surface area contributed by atoms with E-state index >= 15 is 0 Å². The van der Waals surface area contributed by atoms with Gasteiger partial charge in [0, 0.05) is 0 Å². The third kappa shape index (κ3) is 5.02. The molecule has 2 N–H and O–H groups in total. The number of amides is 1. The lowest BCUT2D eigenvalue weighted by Gasteiger charge is -2.14. The van der Waals surface area contributed by atoms with Crippen molar-refractivity contribution >= 4 is 27.3 Å². The standard InChI is InChI=1S/C16H16F2N2O3S/c1-11(16(21)19-15-8-3-2-7-14(15)18)10-24(22,23)20-13-6-4-5-12(17)9-13/h2-9,11,20H,10H2,1H3,(H,19,21). The smallest absolute Gasteiger partial charge is 0.233 e. The number of hydrogen-bond donors (Lipinski definition) is 2. The fraction of sp³-hybridized carbons (Fsp3) is 0.188. The van der Waals surface area contributed by atoms with Gasteiger partial charge in [-0.2, -0.15) is 0 Å². The highest BCUT2D eigenvalue weighted by atomic mass is 32.2. The fourth-order valence-corrected chi connectivity index (χ4v) is 3.38. The Labute approximate surface area is 138 Å². The Morgan fingerprint density at radius 3 is 2.50 bits per heavy atom. The Kier molecular flexibility index (Phi) is 5.50. The van der Waals surface area contributed by atoms with E-state index in [2.05, 4.69) is 10.0 Å². The first-order chi connectivity index (χ1) is 11.3. The molecule has 2 aromatic carbocycles. The lowest BCUT2D eigenvalue weighted by atomic mass is 10.2. The largest absolute Gasteiger partial charge is 0.323 e. The number of carbonyl (C=O) groups is 1. The number of carbonyl (C=O) groups excluding carboxylic acids is 1. The Bertz CT molecular complexity index is 841. The monoisotopic (exact) mass is 354 g/mol. The Balaban J connectivity index is 2.01. The van der Waals surface area contributed by atoms with E-state index in [4.69, 9.17) is 0 Å². The van der Waals surface area contributed by atoms with Crippen molar-refractivity contribution in [3.8, 4) is 0 Å². The van der Waals surface area contributed by atoms with Crippen molar-refractivity contribution in [3.05, 3.63) is 60.2 Å². The van der Waals surface area contributed by atoms with Gasteiger partial charge in [0.1, 0.15) is 11.6 Å². The zero-order chi connectivity index (χ0) is 17.7. The number of nitrogens with one attached hydrogen (secondary N) is 2. The molecule has 0 aliphatic rings. The van der Waals surface area contributed by atoms with Crippen LogP contribution in [0.2, 0.25) is 0 Å². The van der Waals surface area contributed by atoms with Crippen molar-refractivity contribution in [3.63, 3.8) is 0 Å². The average Bonchev–Trinajstić information content (AvgIpc) is 2.48. The molecular weight excluding hydrogens is 338 g/mol. The van der Waals surface area contributed by atoms with Gasteiger partial charge in [-0.15, -0.1) is 0 Å². The van der Waals surface area contributed by atoms with Gasteiger partial charge >= 0.3 is 0 Å². The zero-order valence-electron chi connectivity index (χ0n) is 12.8. The van der Waals surface area contributed by atoms with Gasteiger partial charge < -0.3 is 5.32 Å². The predicted octanol–water partition coefficient (Wildman–Crippen LogP) is 2.98. The van der Waals surface area contributed by atoms with Crippen LogP contribution in [-0.4, -0.2) is 20.1 Å². The number of hydrogen-bond acceptors (Lipinski definition) is 3. The lowest BCUT2D eigenvalue weighted by molar-refractivity contribution is -0.118. The van der Waals surface area contributed by atoms with Gasteiger partial charge in [-0.3, -0.25) is 9.52 Å². The van der Waals surface area contributed by atoms with Crippen LogP contribution in [0.1, 0.15) is 6.92 Å². The van der Waals surface area contributed by atoms with E-state index in [1.165, 1.54) is 43.3 Å². The van der Waals surface area contributed by atoms with Crippen LogP contribution in [-0.2, 0) is 14.8 Å².